The van der Waals surface area contributed by atoms with E-state index in [0.717, 1.165) is 19.3 Å². The lowest BCUT2D eigenvalue weighted by Gasteiger charge is -2.45. The topological polar surface area (TPSA) is 55.1 Å². The van der Waals surface area contributed by atoms with Gasteiger partial charge in [-0.05, 0) is 48.3 Å². The van der Waals surface area contributed by atoms with Gasteiger partial charge in [0.2, 0.25) is 0 Å². The maximum absolute atomic E-state index is 13.8. The highest BCUT2D eigenvalue weighted by Gasteiger charge is 2.39. The average molecular weight is 292 g/mol. The molecule has 116 valence electrons. The number of nitrogen functional groups attached to an aromatic ring is 1. The number of nitrogens with one attached hydrogen (secondary N) is 1. The number of amides is 1. The predicted octanol–water partition coefficient (Wildman–Crippen LogP) is 3.74. The molecule has 0 aliphatic heterocycles. The molecular weight excluding hydrogens is 267 g/mol. The molecule has 4 heteroatoms. The number of benzene rings is 1. The van der Waals surface area contributed by atoms with E-state index in [4.69, 9.17) is 5.73 Å². The number of hydrogen-bond donors (Lipinski definition) is 2. The van der Waals surface area contributed by atoms with E-state index >= 15 is 0 Å². The summed E-state index contributed by atoms with van der Waals surface area (Å²) in [4.78, 5) is 12.3. The molecule has 0 saturated heterocycles. The third-order valence-electron chi connectivity index (χ3n) is 4.13. The molecule has 1 aliphatic rings. The second kappa shape index (κ2) is 5.32. The number of anilines is 1. The fraction of sp³-hybridized carbons (Fsp3) is 0.588. The molecule has 0 unspecified atom stereocenters. The van der Waals surface area contributed by atoms with Crippen LogP contribution in [0.1, 0.15) is 57.3 Å². The Bertz CT molecular complexity index is 536. The van der Waals surface area contributed by atoms with Crippen LogP contribution in [0.25, 0.3) is 0 Å². The van der Waals surface area contributed by atoms with E-state index in [-0.39, 0.29) is 28.3 Å². The summed E-state index contributed by atoms with van der Waals surface area (Å²) in [6.45, 7) is 8.88. The zero-order chi connectivity index (χ0) is 15.8. The summed E-state index contributed by atoms with van der Waals surface area (Å²) in [6.07, 6.45) is 2.96. The SMILES string of the molecule is CC1(C)CC(NC(=O)c2ccc(N)cc2F)CC(C)(C)C1. The van der Waals surface area contributed by atoms with Gasteiger partial charge in [0.25, 0.3) is 5.91 Å². The molecule has 0 spiro atoms. The van der Waals surface area contributed by atoms with Crippen molar-refractivity contribution in [1.29, 1.82) is 0 Å². The standard InChI is InChI=1S/C17H25FN2O/c1-16(2)8-12(9-17(3,4)10-16)20-15(21)13-6-5-11(19)7-14(13)18/h5-7,12H,8-10,19H2,1-4H3,(H,20,21). The van der Waals surface area contributed by atoms with Gasteiger partial charge in [0.1, 0.15) is 5.82 Å². The van der Waals surface area contributed by atoms with Gasteiger partial charge < -0.3 is 11.1 Å². The maximum atomic E-state index is 13.8. The van der Waals surface area contributed by atoms with Crippen LogP contribution in [0.2, 0.25) is 0 Å². The molecule has 1 fully saturated rings. The fourth-order valence-electron chi connectivity index (χ4n) is 3.93. The van der Waals surface area contributed by atoms with Gasteiger partial charge >= 0.3 is 0 Å². The number of nitrogens with two attached hydrogens (primary N) is 1. The van der Waals surface area contributed by atoms with Crippen LogP contribution in [-0.2, 0) is 0 Å². The van der Waals surface area contributed by atoms with E-state index < -0.39 is 5.82 Å². The van der Waals surface area contributed by atoms with Gasteiger partial charge in [-0.3, -0.25) is 4.79 Å². The van der Waals surface area contributed by atoms with Crippen molar-refractivity contribution >= 4 is 11.6 Å². The molecule has 21 heavy (non-hydrogen) atoms. The molecule has 3 N–H and O–H groups in total. The zero-order valence-electron chi connectivity index (χ0n) is 13.3. The van der Waals surface area contributed by atoms with Gasteiger partial charge in [-0.1, -0.05) is 27.7 Å². The largest absolute Gasteiger partial charge is 0.399 e. The Morgan fingerprint density at radius 1 is 1.24 bits per heavy atom. The van der Waals surface area contributed by atoms with Crippen molar-refractivity contribution < 1.29 is 9.18 Å². The van der Waals surface area contributed by atoms with Crippen LogP contribution < -0.4 is 11.1 Å². The zero-order valence-corrected chi connectivity index (χ0v) is 13.3. The molecule has 1 aliphatic carbocycles. The fourth-order valence-corrected chi connectivity index (χ4v) is 3.93. The molecule has 1 amide bonds. The third kappa shape index (κ3) is 3.96. The summed E-state index contributed by atoms with van der Waals surface area (Å²) in [5, 5.41) is 2.99. The van der Waals surface area contributed by atoms with Gasteiger partial charge in [0.05, 0.1) is 5.56 Å². The number of hydrogen-bond acceptors (Lipinski definition) is 2. The second-order valence-electron chi connectivity index (χ2n) is 7.82. The van der Waals surface area contributed by atoms with Crippen LogP contribution in [0, 0.1) is 16.6 Å². The first-order valence-corrected chi connectivity index (χ1v) is 7.44. The quantitative estimate of drug-likeness (QED) is 0.816. The molecule has 1 aromatic rings. The van der Waals surface area contributed by atoms with Crippen LogP contribution >= 0.6 is 0 Å². The summed E-state index contributed by atoms with van der Waals surface area (Å²) in [7, 11) is 0. The van der Waals surface area contributed by atoms with Crippen molar-refractivity contribution in [3.05, 3.63) is 29.6 Å². The van der Waals surface area contributed by atoms with Gasteiger partial charge in [-0.15, -0.1) is 0 Å². The molecule has 0 radical (unpaired) electrons. The van der Waals surface area contributed by atoms with Crippen LogP contribution in [0.5, 0.6) is 0 Å². The van der Waals surface area contributed by atoms with E-state index in [0.29, 0.717) is 5.69 Å². The highest BCUT2D eigenvalue weighted by molar-refractivity contribution is 5.95. The van der Waals surface area contributed by atoms with Crippen molar-refractivity contribution in [1.82, 2.24) is 5.32 Å². The molecular formula is C17H25FN2O. The molecule has 3 nitrogen and oxygen atoms in total. The normalized spacial score (nSPS) is 21.0. The summed E-state index contributed by atoms with van der Waals surface area (Å²) in [6, 6.07) is 4.25. The number of carbonyl (C=O) groups excluding carboxylic acids is 1. The minimum absolute atomic E-state index is 0.0605. The van der Waals surface area contributed by atoms with E-state index in [1.807, 2.05) is 0 Å². The molecule has 1 aromatic carbocycles. The summed E-state index contributed by atoms with van der Waals surface area (Å²) in [5.74, 6) is -0.923. The van der Waals surface area contributed by atoms with Crippen molar-refractivity contribution in [2.75, 3.05) is 5.73 Å². The van der Waals surface area contributed by atoms with Crippen molar-refractivity contribution in [2.45, 2.75) is 53.0 Å². The molecule has 2 rings (SSSR count). The minimum atomic E-state index is -0.568. The summed E-state index contributed by atoms with van der Waals surface area (Å²) < 4.78 is 13.8. The van der Waals surface area contributed by atoms with Gasteiger partial charge in [0.15, 0.2) is 0 Å². The highest BCUT2D eigenvalue weighted by atomic mass is 19.1. The van der Waals surface area contributed by atoms with Crippen LogP contribution in [-0.4, -0.2) is 11.9 Å². The summed E-state index contributed by atoms with van der Waals surface area (Å²) >= 11 is 0. The van der Waals surface area contributed by atoms with Crippen LogP contribution in [0.3, 0.4) is 0 Å². The van der Waals surface area contributed by atoms with E-state index in [1.54, 1.807) is 6.07 Å². The molecule has 0 heterocycles. The first-order valence-electron chi connectivity index (χ1n) is 7.44. The average Bonchev–Trinajstić information content (AvgIpc) is 2.23. The van der Waals surface area contributed by atoms with Crippen molar-refractivity contribution in [2.24, 2.45) is 10.8 Å². The number of carbonyl (C=O) groups is 1. The highest BCUT2D eigenvalue weighted by Crippen LogP contribution is 2.45. The lowest BCUT2D eigenvalue weighted by atomic mass is 9.63. The Kier molecular flexibility index (Phi) is 4.00. The summed E-state index contributed by atoms with van der Waals surface area (Å²) in [5.41, 5.74) is 6.25. The molecule has 1 saturated carbocycles. The van der Waals surface area contributed by atoms with E-state index in [9.17, 15) is 9.18 Å². The Morgan fingerprint density at radius 3 is 2.33 bits per heavy atom. The minimum Gasteiger partial charge on any atom is -0.399 e. The second-order valence-corrected chi connectivity index (χ2v) is 7.82. The first-order chi connectivity index (χ1) is 9.58. The van der Waals surface area contributed by atoms with Crippen LogP contribution in [0.15, 0.2) is 18.2 Å². The number of halogens is 1. The Morgan fingerprint density at radius 2 is 1.81 bits per heavy atom. The molecule has 0 aromatic heterocycles. The number of rotatable bonds is 2. The van der Waals surface area contributed by atoms with Crippen LogP contribution in [0.4, 0.5) is 10.1 Å². The van der Waals surface area contributed by atoms with Gasteiger partial charge in [0, 0.05) is 11.7 Å². The van der Waals surface area contributed by atoms with E-state index in [1.165, 1.54) is 12.1 Å². The van der Waals surface area contributed by atoms with Crippen molar-refractivity contribution in [3.63, 3.8) is 0 Å². The monoisotopic (exact) mass is 292 g/mol. The third-order valence-corrected chi connectivity index (χ3v) is 4.13. The van der Waals surface area contributed by atoms with Gasteiger partial charge in [-0.25, -0.2) is 4.39 Å². The van der Waals surface area contributed by atoms with E-state index in [2.05, 4.69) is 33.0 Å². The Labute approximate surface area is 126 Å². The Balaban J connectivity index is 2.12. The smallest absolute Gasteiger partial charge is 0.254 e. The predicted molar refractivity (Wildman–Crippen MR) is 83.5 cm³/mol. The first kappa shape index (κ1) is 15.8. The van der Waals surface area contributed by atoms with Crippen molar-refractivity contribution in [3.8, 4) is 0 Å². The Hall–Kier alpha value is -1.58. The molecule has 0 atom stereocenters. The molecule has 0 bridgehead atoms. The van der Waals surface area contributed by atoms with Gasteiger partial charge in [-0.2, -0.15) is 0 Å². The lowest BCUT2D eigenvalue weighted by Crippen LogP contribution is -2.46. The maximum Gasteiger partial charge on any atom is 0.254 e. The lowest BCUT2D eigenvalue weighted by molar-refractivity contribution is 0.0711.